The van der Waals surface area contributed by atoms with Gasteiger partial charge in [0.15, 0.2) is 0 Å². The second-order valence-electron chi connectivity index (χ2n) is 5.00. The van der Waals surface area contributed by atoms with Crippen LogP contribution in [-0.4, -0.2) is 20.2 Å². The second-order valence-corrected chi connectivity index (χ2v) is 5.00. The molecule has 2 heteroatoms. The number of hydrogen-bond acceptors (Lipinski definition) is 2. The lowest BCUT2D eigenvalue weighted by molar-refractivity contribution is 0.371. The maximum Gasteiger partial charge on any atom is 0.119 e. The summed E-state index contributed by atoms with van der Waals surface area (Å²) in [4.78, 5) is 0. The van der Waals surface area contributed by atoms with E-state index in [1.807, 2.05) is 6.07 Å². The summed E-state index contributed by atoms with van der Waals surface area (Å²) < 4.78 is 5.35. The standard InChI is InChI=1S/C15H23NO/c1-3-15(9-4-5-10-16-12-15)13-7-6-8-14(11-13)17-2/h6-8,11,16H,3-5,9-10,12H2,1-2H3. The third-order valence-electron chi connectivity index (χ3n) is 4.08. The van der Waals surface area contributed by atoms with Crippen LogP contribution in [0, 0.1) is 0 Å². The molecule has 0 bridgehead atoms. The lowest BCUT2D eigenvalue weighted by Crippen LogP contribution is -2.36. The molecule has 1 aromatic carbocycles. The van der Waals surface area contributed by atoms with E-state index in [4.69, 9.17) is 4.74 Å². The Morgan fingerprint density at radius 1 is 1.35 bits per heavy atom. The topological polar surface area (TPSA) is 21.3 Å². The average Bonchev–Trinajstić information content (AvgIpc) is 2.65. The van der Waals surface area contributed by atoms with Crippen molar-refractivity contribution in [3.8, 4) is 5.75 Å². The van der Waals surface area contributed by atoms with Gasteiger partial charge in [-0.05, 0) is 43.5 Å². The number of rotatable bonds is 3. The molecule has 17 heavy (non-hydrogen) atoms. The summed E-state index contributed by atoms with van der Waals surface area (Å²) in [7, 11) is 1.74. The summed E-state index contributed by atoms with van der Waals surface area (Å²) >= 11 is 0. The van der Waals surface area contributed by atoms with Crippen LogP contribution in [0.5, 0.6) is 5.75 Å². The molecule has 0 amide bonds. The van der Waals surface area contributed by atoms with Crippen LogP contribution in [0.25, 0.3) is 0 Å². The Balaban J connectivity index is 2.31. The molecule has 0 aromatic heterocycles. The minimum Gasteiger partial charge on any atom is -0.497 e. The summed E-state index contributed by atoms with van der Waals surface area (Å²) in [5.74, 6) is 0.972. The zero-order chi connectivity index (χ0) is 12.1. The van der Waals surface area contributed by atoms with E-state index in [1.54, 1.807) is 7.11 Å². The molecule has 0 saturated carbocycles. The Morgan fingerprint density at radius 3 is 3.00 bits per heavy atom. The van der Waals surface area contributed by atoms with Crippen molar-refractivity contribution in [1.82, 2.24) is 5.32 Å². The number of methoxy groups -OCH3 is 1. The molecule has 1 fully saturated rings. The fourth-order valence-electron chi connectivity index (χ4n) is 2.83. The van der Waals surface area contributed by atoms with Crippen molar-refractivity contribution in [2.24, 2.45) is 0 Å². The van der Waals surface area contributed by atoms with Gasteiger partial charge in [0.05, 0.1) is 7.11 Å². The molecule has 2 rings (SSSR count). The van der Waals surface area contributed by atoms with Gasteiger partial charge in [-0.15, -0.1) is 0 Å². The lowest BCUT2D eigenvalue weighted by Gasteiger charge is -2.32. The summed E-state index contributed by atoms with van der Waals surface area (Å²) in [5, 5.41) is 3.58. The van der Waals surface area contributed by atoms with E-state index in [0.717, 1.165) is 18.8 Å². The fourth-order valence-corrected chi connectivity index (χ4v) is 2.83. The monoisotopic (exact) mass is 233 g/mol. The zero-order valence-electron chi connectivity index (χ0n) is 11.0. The molecule has 1 aromatic rings. The Hall–Kier alpha value is -1.02. The van der Waals surface area contributed by atoms with Gasteiger partial charge in [-0.25, -0.2) is 0 Å². The quantitative estimate of drug-likeness (QED) is 0.866. The van der Waals surface area contributed by atoms with Gasteiger partial charge in [-0.1, -0.05) is 25.5 Å². The normalized spacial score (nSPS) is 25.3. The van der Waals surface area contributed by atoms with E-state index >= 15 is 0 Å². The Labute approximate surface area is 104 Å². The number of ether oxygens (including phenoxy) is 1. The van der Waals surface area contributed by atoms with Crippen LogP contribution in [0.3, 0.4) is 0 Å². The Morgan fingerprint density at radius 2 is 2.24 bits per heavy atom. The molecule has 1 N–H and O–H groups in total. The van der Waals surface area contributed by atoms with Gasteiger partial charge >= 0.3 is 0 Å². The van der Waals surface area contributed by atoms with Gasteiger partial charge in [0.2, 0.25) is 0 Å². The smallest absolute Gasteiger partial charge is 0.119 e. The van der Waals surface area contributed by atoms with E-state index in [0.29, 0.717) is 5.41 Å². The lowest BCUT2D eigenvalue weighted by atomic mass is 9.74. The minimum atomic E-state index is 0.297. The molecule has 94 valence electrons. The largest absolute Gasteiger partial charge is 0.497 e. The Bertz CT molecular complexity index is 354. The molecule has 1 aliphatic rings. The highest BCUT2D eigenvalue weighted by Gasteiger charge is 2.31. The van der Waals surface area contributed by atoms with Crippen LogP contribution in [0.2, 0.25) is 0 Å². The van der Waals surface area contributed by atoms with Crippen molar-refractivity contribution in [2.45, 2.75) is 38.0 Å². The molecule has 2 nitrogen and oxygen atoms in total. The highest BCUT2D eigenvalue weighted by Crippen LogP contribution is 2.35. The van der Waals surface area contributed by atoms with Crippen LogP contribution >= 0.6 is 0 Å². The van der Waals surface area contributed by atoms with Crippen molar-refractivity contribution in [1.29, 1.82) is 0 Å². The molecule has 1 atom stereocenters. The maximum absolute atomic E-state index is 5.35. The number of benzene rings is 1. The van der Waals surface area contributed by atoms with Crippen molar-refractivity contribution >= 4 is 0 Å². The molecular weight excluding hydrogens is 210 g/mol. The van der Waals surface area contributed by atoms with Gasteiger partial charge in [-0.2, -0.15) is 0 Å². The molecule has 1 aliphatic heterocycles. The fraction of sp³-hybridized carbons (Fsp3) is 0.600. The van der Waals surface area contributed by atoms with Crippen molar-refractivity contribution in [2.75, 3.05) is 20.2 Å². The van der Waals surface area contributed by atoms with Gasteiger partial charge in [0.1, 0.15) is 5.75 Å². The molecular formula is C15H23NO. The SMILES string of the molecule is CCC1(c2cccc(OC)c2)CCCCNC1. The van der Waals surface area contributed by atoms with E-state index < -0.39 is 0 Å². The molecule has 0 aliphatic carbocycles. The van der Waals surface area contributed by atoms with E-state index in [2.05, 4.69) is 30.4 Å². The van der Waals surface area contributed by atoms with E-state index in [1.165, 1.54) is 31.2 Å². The first-order valence-electron chi connectivity index (χ1n) is 6.66. The van der Waals surface area contributed by atoms with Gasteiger partial charge in [0, 0.05) is 12.0 Å². The average molecular weight is 233 g/mol. The number of nitrogens with one attached hydrogen (secondary N) is 1. The first kappa shape index (κ1) is 12.4. The summed E-state index contributed by atoms with van der Waals surface area (Å²) in [6.07, 6.45) is 5.08. The molecule has 1 unspecified atom stereocenters. The van der Waals surface area contributed by atoms with Crippen LogP contribution < -0.4 is 10.1 Å². The minimum absolute atomic E-state index is 0.297. The highest BCUT2D eigenvalue weighted by molar-refractivity contribution is 5.34. The maximum atomic E-state index is 5.35. The van der Waals surface area contributed by atoms with Crippen molar-refractivity contribution in [3.63, 3.8) is 0 Å². The van der Waals surface area contributed by atoms with Crippen LogP contribution in [-0.2, 0) is 5.41 Å². The molecule has 0 spiro atoms. The zero-order valence-corrected chi connectivity index (χ0v) is 11.0. The predicted octanol–water partition coefficient (Wildman–Crippen LogP) is 3.12. The van der Waals surface area contributed by atoms with Gasteiger partial charge in [0.25, 0.3) is 0 Å². The third-order valence-corrected chi connectivity index (χ3v) is 4.08. The van der Waals surface area contributed by atoms with E-state index in [9.17, 15) is 0 Å². The van der Waals surface area contributed by atoms with Crippen LogP contribution in [0.4, 0.5) is 0 Å². The Kier molecular flexibility index (Phi) is 4.06. The van der Waals surface area contributed by atoms with Gasteiger partial charge in [-0.3, -0.25) is 0 Å². The third kappa shape index (κ3) is 2.63. The molecule has 1 saturated heterocycles. The van der Waals surface area contributed by atoms with Gasteiger partial charge < -0.3 is 10.1 Å². The van der Waals surface area contributed by atoms with Crippen LogP contribution in [0.1, 0.15) is 38.2 Å². The second kappa shape index (κ2) is 5.54. The van der Waals surface area contributed by atoms with Crippen molar-refractivity contribution < 1.29 is 4.74 Å². The summed E-state index contributed by atoms with van der Waals surface area (Å²) in [5.41, 5.74) is 1.72. The van der Waals surface area contributed by atoms with Crippen LogP contribution in [0.15, 0.2) is 24.3 Å². The molecule has 1 heterocycles. The van der Waals surface area contributed by atoms with E-state index in [-0.39, 0.29) is 0 Å². The summed E-state index contributed by atoms with van der Waals surface area (Å²) in [6, 6.07) is 8.59. The number of hydrogen-bond donors (Lipinski definition) is 1. The predicted molar refractivity (Wildman–Crippen MR) is 71.7 cm³/mol. The molecule has 0 radical (unpaired) electrons. The highest BCUT2D eigenvalue weighted by atomic mass is 16.5. The first-order chi connectivity index (χ1) is 8.30. The summed E-state index contributed by atoms with van der Waals surface area (Å²) in [6.45, 7) is 4.55. The first-order valence-corrected chi connectivity index (χ1v) is 6.66. The van der Waals surface area contributed by atoms with Crippen molar-refractivity contribution in [3.05, 3.63) is 29.8 Å².